The van der Waals surface area contributed by atoms with E-state index in [1.165, 1.54) is 11.3 Å². The van der Waals surface area contributed by atoms with E-state index in [-0.39, 0.29) is 68.1 Å². The molecule has 8 aromatic rings. The van der Waals surface area contributed by atoms with Crippen LogP contribution in [-0.2, 0) is 67.9 Å². The van der Waals surface area contributed by atoms with Gasteiger partial charge < -0.3 is 68.6 Å². The molecule has 6 N–H and O–H groups in total. The lowest BCUT2D eigenvalue weighted by Gasteiger charge is -2.37. The largest absolute Gasteiger partial charge is 0.508 e. The van der Waals surface area contributed by atoms with Gasteiger partial charge in [0.25, 0.3) is 5.91 Å². The Kier molecular flexibility index (Phi) is 22.4. The van der Waals surface area contributed by atoms with Crippen molar-refractivity contribution < 1.29 is 76.1 Å². The number of hydrogen-bond acceptors (Lipinski definition) is 19. The number of thiazole rings is 1. The first-order valence-electron chi connectivity index (χ1n) is 29.4. The number of nitrogens with zero attached hydrogens (tertiary/aromatic N) is 4. The minimum atomic E-state index is -1.24. The smallest absolute Gasteiger partial charge is 0.340 e. The second kappa shape index (κ2) is 31.2. The minimum absolute atomic E-state index is 0.0640. The molecule has 0 saturated heterocycles. The zero-order chi connectivity index (χ0) is 63.7. The Hall–Kier alpha value is -8.86. The fraction of sp³-hybridized carbons (Fsp3) is 0.323. The molecule has 1 spiro atoms. The number of carbonyl (C=O) groups is 4. The number of benzene rings is 5. The maximum atomic E-state index is 14.9. The number of anilines is 2. The van der Waals surface area contributed by atoms with Crippen molar-refractivity contribution in [3.05, 3.63) is 177 Å². The van der Waals surface area contributed by atoms with Crippen molar-refractivity contribution in [3.8, 4) is 28.6 Å². The Bertz CT molecular complexity index is 3830. The van der Waals surface area contributed by atoms with Crippen LogP contribution in [0.4, 0.5) is 19.6 Å². The number of nitrogens with one attached hydrogen (secondary N) is 4. The Morgan fingerprint density at radius 3 is 1.99 bits per heavy atom. The van der Waals surface area contributed by atoms with Crippen molar-refractivity contribution in [2.45, 2.75) is 51.3 Å². The van der Waals surface area contributed by atoms with Crippen LogP contribution in [0, 0.1) is 18.6 Å². The fourth-order valence-electron chi connectivity index (χ4n) is 10.5. The van der Waals surface area contributed by atoms with E-state index in [9.17, 15) is 38.2 Å². The Morgan fingerprint density at radius 1 is 0.703 bits per heavy atom. The average Bonchev–Trinajstić information content (AvgIpc) is 1.62. The molecular weight excluding hydrogens is 1220 g/mol. The number of fused-ring (bicyclic) bond motifs is 7. The van der Waals surface area contributed by atoms with Gasteiger partial charge in [-0.25, -0.2) is 23.5 Å². The van der Waals surface area contributed by atoms with Gasteiger partial charge in [-0.3, -0.25) is 24.7 Å². The number of halogens is 2. The van der Waals surface area contributed by atoms with Crippen molar-refractivity contribution in [3.63, 3.8) is 0 Å². The summed E-state index contributed by atoms with van der Waals surface area (Å²) in [7, 11) is 0. The lowest BCUT2D eigenvalue weighted by Crippen LogP contribution is -2.35. The number of rotatable bonds is 32. The molecule has 0 atom stereocenters. The van der Waals surface area contributed by atoms with Crippen LogP contribution in [0.15, 0.2) is 115 Å². The van der Waals surface area contributed by atoms with E-state index in [0.29, 0.717) is 141 Å². The molecule has 476 valence electrons. The second-order valence-electron chi connectivity index (χ2n) is 21.0. The van der Waals surface area contributed by atoms with E-state index in [1.807, 2.05) is 47.2 Å². The fourth-order valence-corrected chi connectivity index (χ4v) is 11.4. The van der Waals surface area contributed by atoms with Crippen LogP contribution in [0.2, 0.25) is 0 Å². The SMILES string of the molecule is Cc1nc2cc(C(=O)Nc3nc(-c4ccccn4)cs3)ccc2n1CCCC(=O)NCc1cc(F)c(OC(=O)CCOCCOCCOCCOCCOCCOCCNC(=S)Nc2ccc3c(c2)C(=O)OC32c3ccc(O)cc3Cc3cc(O)ccc32)c(F)c1. The van der Waals surface area contributed by atoms with Crippen LogP contribution >= 0.6 is 23.6 Å². The first-order chi connectivity index (χ1) is 44.2. The molecular formula is C65H66F2N8O14S2. The van der Waals surface area contributed by atoms with Crippen molar-refractivity contribution >= 4 is 74.3 Å². The molecule has 0 unspecified atom stereocenters. The van der Waals surface area contributed by atoms with Crippen LogP contribution in [0.5, 0.6) is 17.2 Å². The minimum Gasteiger partial charge on any atom is -0.508 e. The molecule has 91 heavy (non-hydrogen) atoms. The summed E-state index contributed by atoms with van der Waals surface area (Å²) in [5.74, 6) is -4.21. The summed E-state index contributed by atoms with van der Waals surface area (Å²) in [6.45, 7) is 6.07. The second-order valence-corrected chi connectivity index (χ2v) is 22.2. The molecule has 0 saturated carbocycles. The number of thiocarbonyl (C=S) groups is 1. The van der Waals surface area contributed by atoms with Crippen molar-refractivity contribution in [2.75, 3.05) is 96.5 Å². The van der Waals surface area contributed by atoms with Gasteiger partial charge in [0, 0.05) is 65.6 Å². The van der Waals surface area contributed by atoms with E-state index < -0.39 is 34.9 Å². The molecule has 5 aromatic carbocycles. The highest BCUT2D eigenvalue weighted by atomic mass is 32.1. The van der Waals surface area contributed by atoms with Crippen molar-refractivity contribution in [1.82, 2.24) is 30.2 Å². The normalized spacial score (nSPS) is 12.7. The number of carbonyl (C=O) groups excluding carboxylic acids is 4. The van der Waals surface area contributed by atoms with Gasteiger partial charge in [0.2, 0.25) is 11.7 Å². The molecule has 0 fully saturated rings. The number of aromatic nitrogens is 4. The lowest BCUT2D eigenvalue weighted by atomic mass is 9.71. The highest BCUT2D eigenvalue weighted by Crippen LogP contribution is 2.53. The third kappa shape index (κ3) is 16.8. The molecule has 1 aliphatic heterocycles. The summed E-state index contributed by atoms with van der Waals surface area (Å²) in [6.07, 6.45) is 2.43. The number of aromatic hydroxyl groups is 2. The number of aryl methyl sites for hydroxylation is 2. The maximum Gasteiger partial charge on any atom is 0.340 e. The van der Waals surface area contributed by atoms with Gasteiger partial charge in [-0.2, -0.15) is 0 Å². The molecule has 1 aliphatic carbocycles. The van der Waals surface area contributed by atoms with Crippen molar-refractivity contribution in [2.24, 2.45) is 0 Å². The number of amides is 2. The van der Waals surface area contributed by atoms with Crippen LogP contribution in [0.25, 0.3) is 22.4 Å². The predicted octanol–water partition coefficient (Wildman–Crippen LogP) is 8.65. The number of hydrogen-bond donors (Lipinski definition) is 6. The Morgan fingerprint density at radius 2 is 1.34 bits per heavy atom. The van der Waals surface area contributed by atoms with Crippen molar-refractivity contribution in [1.29, 1.82) is 0 Å². The molecule has 3 aromatic heterocycles. The Labute approximate surface area is 531 Å². The first-order valence-corrected chi connectivity index (χ1v) is 30.7. The monoisotopic (exact) mass is 1280 g/mol. The summed E-state index contributed by atoms with van der Waals surface area (Å²) in [4.78, 5) is 65.1. The van der Waals surface area contributed by atoms with Crippen LogP contribution in [0.3, 0.4) is 0 Å². The molecule has 26 heteroatoms. The molecule has 2 aliphatic rings. The van der Waals surface area contributed by atoms with Gasteiger partial charge in [-0.15, -0.1) is 11.3 Å². The van der Waals surface area contributed by atoms with Crippen LogP contribution in [-0.4, -0.2) is 144 Å². The number of esters is 2. The Balaban J connectivity index is 0.507. The molecule has 0 bridgehead atoms. The number of phenolic OH excluding ortho intramolecular Hbond substituents is 2. The van der Waals surface area contributed by atoms with E-state index >= 15 is 0 Å². The summed E-state index contributed by atoms with van der Waals surface area (Å²) < 4.78 is 76.1. The van der Waals surface area contributed by atoms with E-state index in [1.54, 1.807) is 66.9 Å². The van der Waals surface area contributed by atoms with Gasteiger partial charge in [0.1, 0.15) is 23.0 Å². The molecule has 0 radical (unpaired) electrons. The molecule has 22 nitrogen and oxygen atoms in total. The molecule has 4 heterocycles. The summed E-state index contributed by atoms with van der Waals surface area (Å²) >= 11 is 6.79. The van der Waals surface area contributed by atoms with Crippen LogP contribution in [0.1, 0.15) is 79.2 Å². The molecule has 10 rings (SSSR count). The maximum absolute atomic E-state index is 14.9. The topological polar surface area (TPSA) is 274 Å². The van der Waals surface area contributed by atoms with Gasteiger partial charge in [0.05, 0.1) is 108 Å². The van der Waals surface area contributed by atoms with Gasteiger partial charge in [0.15, 0.2) is 27.5 Å². The van der Waals surface area contributed by atoms with Crippen LogP contribution < -0.4 is 26.0 Å². The van der Waals surface area contributed by atoms with Gasteiger partial charge in [-0.05, 0) is 128 Å². The van der Waals surface area contributed by atoms with E-state index in [0.717, 1.165) is 39.9 Å². The zero-order valence-corrected chi connectivity index (χ0v) is 51.2. The first kappa shape index (κ1) is 65.1. The number of imidazole rings is 1. The van der Waals surface area contributed by atoms with E-state index in [2.05, 4.69) is 36.2 Å². The highest BCUT2D eigenvalue weighted by Gasteiger charge is 2.52. The number of pyridine rings is 1. The predicted molar refractivity (Wildman–Crippen MR) is 335 cm³/mol. The molecule has 2 amide bonds. The average molecular weight is 1290 g/mol. The summed E-state index contributed by atoms with van der Waals surface area (Å²) in [6, 6.07) is 28.1. The van der Waals surface area contributed by atoms with Gasteiger partial charge >= 0.3 is 11.9 Å². The van der Waals surface area contributed by atoms with Gasteiger partial charge in [-0.1, -0.05) is 24.3 Å². The quantitative estimate of drug-likeness (QED) is 0.00996. The number of phenols is 2. The standard InChI is InChI=1S/C65H66F2N8O14S2/c1-40-71-55-36-42(61(80)74-64-73-56(39-91-64)54-5-2-3-16-68-54)7-14-57(55)75(40)18-4-6-58(78)70-38-41-31-52(66)60(53(67)32-41)88-59(79)15-19-82-21-23-84-25-27-86-29-30-87-28-26-85-24-22-83-20-17-69-63(90)72-45-8-11-51-48(37-45)62(81)89-65(51)49-12-9-46(76)34-43(49)33-44-35-47(77)10-13-50(44)65/h2-3,5,7-14,16,31-32,34-37,39,76-77H,4,6,15,17-30,33,38H2,1H3,(H,70,78)(H2,69,72,90)(H,73,74,80). The highest BCUT2D eigenvalue weighted by molar-refractivity contribution is 7.80. The summed E-state index contributed by atoms with van der Waals surface area (Å²) in [5, 5.41) is 34.8. The zero-order valence-electron chi connectivity index (χ0n) is 49.6. The lowest BCUT2D eigenvalue weighted by molar-refractivity contribution is -0.136. The van der Waals surface area contributed by atoms with E-state index in [4.69, 9.17) is 50.1 Å². The third-order valence-corrected chi connectivity index (χ3v) is 15.7. The number of ether oxygens (including phenoxy) is 8. The third-order valence-electron chi connectivity index (χ3n) is 14.7. The summed E-state index contributed by atoms with van der Waals surface area (Å²) in [5.41, 5.74) is 6.78.